The van der Waals surface area contributed by atoms with Gasteiger partial charge in [-0.1, -0.05) is 5.92 Å². The normalized spacial score (nSPS) is 26.3. The van der Waals surface area contributed by atoms with E-state index in [1.807, 2.05) is 6.92 Å². The number of hydrogen-bond donors (Lipinski definition) is 2. The molecule has 0 aromatic rings. The van der Waals surface area contributed by atoms with E-state index in [-0.39, 0.29) is 11.4 Å². The van der Waals surface area contributed by atoms with Crippen LogP contribution in [0.25, 0.3) is 0 Å². The fourth-order valence-electron chi connectivity index (χ4n) is 1.50. The van der Waals surface area contributed by atoms with Crippen molar-refractivity contribution in [2.24, 2.45) is 0 Å². The van der Waals surface area contributed by atoms with Crippen LogP contribution in [0.4, 0.5) is 0 Å². The Balaban J connectivity index is 2.40. The third-order valence-corrected chi connectivity index (χ3v) is 2.38. The number of rotatable bonds is 2. The van der Waals surface area contributed by atoms with E-state index in [4.69, 9.17) is 0 Å². The Labute approximate surface area is 79.3 Å². The average Bonchev–Trinajstić information content (AvgIpc) is 2.54. The molecule has 0 radical (unpaired) electrons. The Bertz CT molecular complexity index is 243. The minimum atomic E-state index is -0.366. The van der Waals surface area contributed by atoms with Gasteiger partial charge in [0.15, 0.2) is 0 Å². The zero-order chi connectivity index (χ0) is 9.73. The minimum Gasteiger partial charge on any atom is -0.344 e. The van der Waals surface area contributed by atoms with Gasteiger partial charge >= 0.3 is 0 Å². The van der Waals surface area contributed by atoms with E-state index < -0.39 is 0 Å². The molecular formula is C10H16N2O. The second-order valence-corrected chi connectivity index (χ2v) is 3.47. The van der Waals surface area contributed by atoms with E-state index in [0.29, 0.717) is 6.54 Å². The summed E-state index contributed by atoms with van der Waals surface area (Å²) >= 11 is 0. The largest absolute Gasteiger partial charge is 0.344 e. The second-order valence-electron chi connectivity index (χ2n) is 3.47. The zero-order valence-electron chi connectivity index (χ0n) is 8.24. The molecule has 1 atom stereocenters. The summed E-state index contributed by atoms with van der Waals surface area (Å²) in [7, 11) is 0. The van der Waals surface area contributed by atoms with Crippen molar-refractivity contribution in [2.45, 2.75) is 32.2 Å². The minimum absolute atomic E-state index is 0.0627. The van der Waals surface area contributed by atoms with Gasteiger partial charge in [0.25, 0.3) is 0 Å². The van der Waals surface area contributed by atoms with E-state index in [2.05, 4.69) is 22.5 Å². The molecule has 3 heteroatoms. The highest BCUT2D eigenvalue weighted by atomic mass is 16.2. The maximum atomic E-state index is 11.6. The van der Waals surface area contributed by atoms with Crippen LogP contribution in [0.15, 0.2) is 0 Å². The molecule has 0 spiro atoms. The maximum absolute atomic E-state index is 11.6. The highest BCUT2D eigenvalue weighted by Crippen LogP contribution is 2.17. The standard InChI is InChI=1S/C10H16N2O/c1-3-4-7-11-9(13)10(2)6-5-8-12-10/h12H,5-8H2,1-2H3,(H,11,13). The summed E-state index contributed by atoms with van der Waals surface area (Å²) < 4.78 is 0. The summed E-state index contributed by atoms with van der Waals surface area (Å²) in [6.07, 6.45) is 1.99. The molecule has 1 unspecified atom stereocenters. The molecule has 1 amide bonds. The Hall–Kier alpha value is -1.01. The van der Waals surface area contributed by atoms with Gasteiger partial charge in [-0.2, -0.15) is 0 Å². The van der Waals surface area contributed by atoms with E-state index in [9.17, 15) is 4.79 Å². The van der Waals surface area contributed by atoms with Gasteiger partial charge in [-0.25, -0.2) is 0 Å². The SMILES string of the molecule is CC#CCNC(=O)C1(C)CCCN1. The fraction of sp³-hybridized carbons (Fsp3) is 0.700. The second kappa shape index (κ2) is 4.29. The molecule has 0 bridgehead atoms. The molecule has 72 valence electrons. The summed E-state index contributed by atoms with van der Waals surface area (Å²) in [5, 5.41) is 5.99. The summed E-state index contributed by atoms with van der Waals surface area (Å²) in [5.74, 6) is 5.61. The third kappa shape index (κ3) is 2.46. The van der Waals surface area contributed by atoms with Gasteiger partial charge in [0.05, 0.1) is 12.1 Å². The lowest BCUT2D eigenvalue weighted by Gasteiger charge is -2.22. The zero-order valence-corrected chi connectivity index (χ0v) is 8.24. The molecule has 13 heavy (non-hydrogen) atoms. The van der Waals surface area contributed by atoms with Crippen molar-refractivity contribution >= 4 is 5.91 Å². The van der Waals surface area contributed by atoms with Gasteiger partial charge in [-0.3, -0.25) is 4.79 Å². The van der Waals surface area contributed by atoms with Crippen LogP contribution in [0.2, 0.25) is 0 Å². The monoisotopic (exact) mass is 180 g/mol. The van der Waals surface area contributed by atoms with Crippen LogP contribution in [0.5, 0.6) is 0 Å². The molecule has 2 N–H and O–H groups in total. The first kappa shape index (κ1) is 10.1. The number of carbonyl (C=O) groups excluding carboxylic acids is 1. The predicted molar refractivity (Wildman–Crippen MR) is 52.1 cm³/mol. The average molecular weight is 180 g/mol. The van der Waals surface area contributed by atoms with Crippen molar-refractivity contribution in [2.75, 3.05) is 13.1 Å². The molecule has 1 aliphatic rings. The smallest absolute Gasteiger partial charge is 0.240 e. The van der Waals surface area contributed by atoms with Crippen molar-refractivity contribution < 1.29 is 4.79 Å². The summed E-state index contributed by atoms with van der Waals surface area (Å²) in [6.45, 7) is 5.09. The maximum Gasteiger partial charge on any atom is 0.240 e. The van der Waals surface area contributed by atoms with Crippen LogP contribution < -0.4 is 10.6 Å². The van der Waals surface area contributed by atoms with E-state index in [0.717, 1.165) is 19.4 Å². The highest BCUT2D eigenvalue weighted by molar-refractivity contribution is 5.86. The van der Waals surface area contributed by atoms with Crippen molar-refractivity contribution in [3.63, 3.8) is 0 Å². The summed E-state index contributed by atoms with van der Waals surface area (Å²) in [4.78, 5) is 11.6. The number of amides is 1. The first-order valence-corrected chi connectivity index (χ1v) is 4.62. The van der Waals surface area contributed by atoms with E-state index in [1.54, 1.807) is 6.92 Å². The molecule has 1 aliphatic heterocycles. The lowest BCUT2D eigenvalue weighted by molar-refractivity contribution is -0.126. The summed E-state index contributed by atoms with van der Waals surface area (Å²) in [5.41, 5.74) is -0.366. The van der Waals surface area contributed by atoms with Gasteiger partial charge in [-0.05, 0) is 33.2 Å². The van der Waals surface area contributed by atoms with Crippen LogP contribution in [0, 0.1) is 11.8 Å². The molecule has 0 saturated carbocycles. The lowest BCUT2D eigenvalue weighted by atomic mass is 9.99. The Morgan fingerprint density at radius 1 is 1.69 bits per heavy atom. The van der Waals surface area contributed by atoms with Gasteiger partial charge < -0.3 is 10.6 Å². The molecule has 0 aliphatic carbocycles. The molecule has 0 aromatic heterocycles. The molecule has 1 saturated heterocycles. The fourth-order valence-corrected chi connectivity index (χ4v) is 1.50. The quantitative estimate of drug-likeness (QED) is 0.599. The third-order valence-electron chi connectivity index (χ3n) is 2.38. The van der Waals surface area contributed by atoms with Crippen molar-refractivity contribution in [1.82, 2.24) is 10.6 Å². The molecule has 3 nitrogen and oxygen atoms in total. The first-order chi connectivity index (χ1) is 6.19. The highest BCUT2D eigenvalue weighted by Gasteiger charge is 2.35. The molecular weight excluding hydrogens is 164 g/mol. The van der Waals surface area contributed by atoms with Crippen molar-refractivity contribution in [1.29, 1.82) is 0 Å². The van der Waals surface area contributed by atoms with Crippen LogP contribution in [-0.2, 0) is 4.79 Å². The van der Waals surface area contributed by atoms with Crippen molar-refractivity contribution in [3.8, 4) is 11.8 Å². The van der Waals surface area contributed by atoms with Gasteiger partial charge in [-0.15, -0.1) is 5.92 Å². The topological polar surface area (TPSA) is 41.1 Å². The van der Waals surface area contributed by atoms with E-state index >= 15 is 0 Å². The van der Waals surface area contributed by atoms with Crippen LogP contribution in [-0.4, -0.2) is 24.5 Å². The molecule has 1 rings (SSSR count). The molecule has 1 fully saturated rings. The number of carbonyl (C=O) groups is 1. The van der Waals surface area contributed by atoms with E-state index in [1.165, 1.54) is 0 Å². The molecule has 0 aromatic carbocycles. The first-order valence-electron chi connectivity index (χ1n) is 4.62. The summed E-state index contributed by atoms with van der Waals surface area (Å²) in [6, 6.07) is 0. The van der Waals surface area contributed by atoms with Crippen LogP contribution >= 0.6 is 0 Å². The van der Waals surface area contributed by atoms with Gasteiger partial charge in [0, 0.05) is 0 Å². The Morgan fingerprint density at radius 2 is 2.46 bits per heavy atom. The predicted octanol–water partition coefficient (Wildman–Crippen LogP) is 0.268. The van der Waals surface area contributed by atoms with Crippen LogP contribution in [0.1, 0.15) is 26.7 Å². The van der Waals surface area contributed by atoms with Crippen LogP contribution in [0.3, 0.4) is 0 Å². The van der Waals surface area contributed by atoms with Gasteiger partial charge in [0.1, 0.15) is 0 Å². The lowest BCUT2D eigenvalue weighted by Crippen LogP contribution is -2.51. The number of nitrogens with one attached hydrogen (secondary N) is 2. The Morgan fingerprint density at radius 3 is 3.00 bits per heavy atom. The van der Waals surface area contributed by atoms with Gasteiger partial charge in [0.2, 0.25) is 5.91 Å². The Kier molecular flexibility index (Phi) is 3.32. The molecule has 1 heterocycles. The number of hydrogen-bond acceptors (Lipinski definition) is 2. The van der Waals surface area contributed by atoms with Crippen molar-refractivity contribution in [3.05, 3.63) is 0 Å².